The van der Waals surface area contributed by atoms with E-state index in [1.807, 2.05) is 48.5 Å². The van der Waals surface area contributed by atoms with E-state index in [0.29, 0.717) is 29.1 Å². The van der Waals surface area contributed by atoms with Crippen molar-refractivity contribution in [1.82, 2.24) is 0 Å². The van der Waals surface area contributed by atoms with Crippen LogP contribution in [0.25, 0.3) is 0 Å². The molecule has 1 aromatic heterocycles. The second-order valence-electron chi connectivity index (χ2n) is 8.91. The summed E-state index contributed by atoms with van der Waals surface area (Å²) in [5.74, 6) is -0.254. The van der Waals surface area contributed by atoms with Gasteiger partial charge in [-0.05, 0) is 48.4 Å². The molecule has 5 rings (SSSR count). The van der Waals surface area contributed by atoms with Gasteiger partial charge in [-0.3, -0.25) is 19.3 Å². The Bertz CT molecular complexity index is 1330. The number of allylic oxidation sites excluding steroid dienone is 1. The summed E-state index contributed by atoms with van der Waals surface area (Å²) >= 11 is 0. The smallest absolute Gasteiger partial charge is 0.303 e. The summed E-state index contributed by atoms with van der Waals surface area (Å²) < 4.78 is 10.9. The lowest BCUT2D eigenvalue weighted by molar-refractivity contribution is -0.138. The average molecular weight is 487 g/mol. The van der Waals surface area contributed by atoms with Crippen LogP contribution in [0.2, 0.25) is 0 Å². The molecular weight excluding hydrogens is 460 g/mol. The number of nitrogens with zero attached hydrogens (tertiary/aromatic N) is 1. The number of carboxylic acid groups (broad SMARTS) is 1. The molecule has 0 saturated heterocycles. The number of Topliss-reactive ketones (excluding diaryl/α,β-unsaturated/α-hetero) is 1. The van der Waals surface area contributed by atoms with Crippen molar-refractivity contribution in [2.45, 2.75) is 37.6 Å². The molecule has 8 heteroatoms. The number of hydrogen-bond donors (Lipinski definition) is 2. The predicted molar refractivity (Wildman–Crippen MR) is 133 cm³/mol. The normalized spacial score (nSPS) is 19.1. The molecule has 0 bridgehead atoms. The van der Waals surface area contributed by atoms with Crippen LogP contribution in [0, 0.1) is 0 Å². The van der Waals surface area contributed by atoms with Gasteiger partial charge in [-0.2, -0.15) is 0 Å². The zero-order chi connectivity index (χ0) is 25.2. The van der Waals surface area contributed by atoms with E-state index >= 15 is 0 Å². The number of methoxy groups -OCH3 is 1. The van der Waals surface area contributed by atoms with Crippen molar-refractivity contribution >= 4 is 29.0 Å². The fourth-order valence-electron chi connectivity index (χ4n) is 5.03. The van der Waals surface area contributed by atoms with Gasteiger partial charge in [0.15, 0.2) is 5.78 Å². The zero-order valence-corrected chi connectivity index (χ0v) is 19.8. The van der Waals surface area contributed by atoms with E-state index in [-0.39, 0.29) is 36.9 Å². The number of benzene rings is 2. The Balaban J connectivity index is 1.68. The Morgan fingerprint density at radius 3 is 2.53 bits per heavy atom. The lowest BCUT2D eigenvalue weighted by atomic mass is 9.80. The number of ketones is 1. The van der Waals surface area contributed by atoms with Crippen molar-refractivity contribution in [3.63, 3.8) is 0 Å². The highest BCUT2D eigenvalue weighted by atomic mass is 16.5. The fourth-order valence-corrected chi connectivity index (χ4v) is 5.03. The van der Waals surface area contributed by atoms with Gasteiger partial charge in [-0.1, -0.05) is 24.3 Å². The quantitative estimate of drug-likeness (QED) is 0.502. The molecule has 2 heterocycles. The van der Waals surface area contributed by atoms with Crippen LogP contribution in [-0.2, 0) is 14.4 Å². The first kappa shape index (κ1) is 23.4. The first-order valence-corrected chi connectivity index (χ1v) is 11.8. The van der Waals surface area contributed by atoms with Crippen LogP contribution in [-0.4, -0.2) is 29.9 Å². The van der Waals surface area contributed by atoms with Crippen molar-refractivity contribution in [1.29, 1.82) is 0 Å². The summed E-state index contributed by atoms with van der Waals surface area (Å²) in [4.78, 5) is 40.3. The van der Waals surface area contributed by atoms with Crippen LogP contribution in [0.3, 0.4) is 0 Å². The number of ether oxygens (including phenoxy) is 1. The van der Waals surface area contributed by atoms with Gasteiger partial charge in [0, 0.05) is 30.0 Å². The highest BCUT2D eigenvalue weighted by Crippen LogP contribution is 2.47. The van der Waals surface area contributed by atoms with Gasteiger partial charge in [0.05, 0.1) is 37.2 Å². The van der Waals surface area contributed by atoms with E-state index in [1.165, 1.54) is 0 Å². The molecular formula is C28H26N2O6. The number of aliphatic carboxylic acids is 1. The molecule has 1 aliphatic carbocycles. The van der Waals surface area contributed by atoms with Gasteiger partial charge >= 0.3 is 5.97 Å². The number of fused-ring (bicyclic) bond motifs is 1. The summed E-state index contributed by atoms with van der Waals surface area (Å²) in [6.07, 6.45) is 1.88. The first-order chi connectivity index (χ1) is 17.5. The molecule has 184 valence electrons. The standard InChI is InChI=1S/C28H26N2O6/c1-35-19-10-8-17(9-11-19)28-27-21(15-18(16-23(27)31)24-7-4-14-36-24)29-20-5-2-3-6-22(20)30(28)25(32)12-13-26(33)34/h2-11,14,18,28-29H,12-13,15-16H2,1H3,(H,33,34)/t18-,28-/m1/s1. The van der Waals surface area contributed by atoms with Crippen LogP contribution >= 0.6 is 0 Å². The third kappa shape index (κ3) is 4.37. The molecule has 2 aliphatic rings. The van der Waals surface area contributed by atoms with Crippen molar-refractivity contribution in [3.05, 3.63) is 89.5 Å². The maximum absolute atomic E-state index is 13.8. The molecule has 0 spiro atoms. The maximum Gasteiger partial charge on any atom is 0.303 e. The molecule has 0 radical (unpaired) electrons. The summed E-state index contributed by atoms with van der Waals surface area (Å²) in [6, 6.07) is 17.6. The monoisotopic (exact) mass is 486 g/mol. The van der Waals surface area contributed by atoms with E-state index in [2.05, 4.69) is 5.32 Å². The number of carboxylic acids is 1. The molecule has 8 nitrogen and oxygen atoms in total. The maximum atomic E-state index is 13.8. The number of furan rings is 1. The molecule has 1 aliphatic heterocycles. The van der Waals surface area contributed by atoms with E-state index in [4.69, 9.17) is 9.15 Å². The zero-order valence-electron chi connectivity index (χ0n) is 19.8. The van der Waals surface area contributed by atoms with Gasteiger partial charge in [0.2, 0.25) is 5.91 Å². The van der Waals surface area contributed by atoms with Crippen molar-refractivity contribution < 1.29 is 28.6 Å². The molecule has 2 atom stereocenters. The highest BCUT2D eigenvalue weighted by molar-refractivity contribution is 6.06. The van der Waals surface area contributed by atoms with Crippen molar-refractivity contribution in [2.75, 3.05) is 17.3 Å². The lowest BCUT2D eigenvalue weighted by Crippen LogP contribution is -2.38. The number of amides is 1. The molecule has 0 unspecified atom stereocenters. The molecule has 3 aromatic rings. The van der Waals surface area contributed by atoms with Crippen LogP contribution < -0.4 is 15.0 Å². The minimum atomic E-state index is -1.06. The lowest BCUT2D eigenvalue weighted by Gasteiger charge is -2.35. The Morgan fingerprint density at radius 1 is 1.06 bits per heavy atom. The number of anilines is 2. The Kier molecular flexibility index (Phi) is 6.33. The van der Waals surface area contributed by atoms with E-state index in [9.17, 15) is 19.5 Å². The van der Waals surface area contributed by atoms with Crippen LogP contribution in [0.4, 0.5) is 11.4 Å². The largest absolute Gasteiger partial charge is 0.497 e. The second kappa shape index (κ2) is 9.73. The highest BCUT2D eigenvalue weighted by Gasteiger charge is 2.42. The van der Waals surface area contributed by atoms with Crippen LogP contribution in [0.15, 0.2) is 82.6 Å². The number of carbonyl (C=O) groups is 3. The van der Waals surface area contributed by atoms with Gasteiger partial charge in [-0.25, -0.2) is 0 Å². The Hall–Kier alpha value is -4.33. The molecule has 0 fully saturated rings. The molecule has 2 N–H and O–H groups in total. The minimum absolute atomic E-state index is 0.0881. The van der Waals surface area contributed by atoms with Crippen molar-refractivity contribution in [2.24, 2.45) is 0 Å². The van der Waals surface area contributed by atoms with E-state index in [0.717, 1.165) is 17.0 Å². The average Bonchev–Trinajstić information content (AvgIpc) is 3.37. The summed E-state index contributed by atoms with van der Waals surface area (Å²) in [5.41, 5.74) is 3.23. The molecule has 36 heavy (non-hydrogen) atoms. The predicted octanol–water partition coefficient (Wildman–Crippen LogP) is 5.05. The fraction of sp³-hybridized carbons (Fsp3) is 0.250. The number of para-hydroxylation sites is 2. The number of rotatable bonds is 6. The first-order valence-electron chi connectivity index (χ1n) is 11.8. The third-order valence-electron chi connectivity index (χ3n) is 6.69. The Morgan fingerprint density at radius 2 is 1.83 bits per heavy atom. The number of hydrogen-bond acceptors (Lipinski definition) is 6. The summed E-state index contributed by atoms with van der Waals surface area (Å²) in [5, 5.41) is 12.7. The van der Waals surface area contributed by atoms with Crippen molar-refractivity contribution in [3.8, 4) is 5.75 Å². The summed E-state index contributed by atoms with van der Waals surface area (Å²) in [6.45, 7) is 0. The number of carbonyl (C=O) groups excluding carboxylic acids is 2. The topological polar surface area (TPSA) is 109 Å². The van der Waals surface area contributed by atoms with Crippen LogP contribution in [0.5, 0.6) is 5.75 Å². The van der Waals surface area contributed by atoms with E-state index in [1.54, 1.807) is 30.4 Å². The van der Waals surface area contributed by atoms with E-state index < -0.39 is 12.0 Å². The van der Waals surface area contributed by atoms with Crippen LogP contribution in [0.1, 0.15) is 49.0 Å². The molecule has 1 amide bonds. The SMILES string of the molecule is COc1ccc([C@@H]2C3=C(C[C@@H](c4ccco4)CC3=O)Nc3ccccc3N2C(=O)CCC(=O)O)cc1. The van der Waals surface area contributed by atoms with Gasteiger partial charge in [0.25, 0.3) is 0 Å². The molecule has 2 aromatic carbocycles. The number of nitrogens with one attached hydrogen (secondary N) is 1. The Labute approximate surface area is 208 Å². The minimum Gasteiger partial charge on any atom is -0.497 e. The third-order valence-corrected chi connectivity index (χ3v) is 6.69. The summed E-state index contributed by atoms with van der Waals surface area (Å²) in [7, 11) is 1.57. The van der Waals surface area contributed by atoms with Gasteiger partial charge in [-0.15, -0.1) is 0 Å². The molecule has 0 saturated carbocycles. The van der Waals surface area contributed by atoms with Gasteiger partial charge in [0.1, 0.15) is 11.5 Å². The van der Waals surface area contributed by atoms with Gasteiger partial charge < -0.3 is 19.6 Å². The second-order valence-corrected chi connectivity index (χ2v) is 8.91.